The first-order valence-corrected chi connectivity index (χ1v) is 23.3. The number of nitrogens with zero attached hydrogens (tertiary/aromatic N) is 1. The molecule has 1 unspecified atom stereocenters. The zero-order valence-corrected chi connectivity index (χ0v) is 37.0. The SMILES string of the molecule is CC1(C)c2ccccc2-c2ccc(N(c3ccc4c(c3)C3(c5ccccc5-c5ccccc5-4)c4ccccc4-c4c3ccc3c4oc4ccccc43)c3cccc4c3oc3ccccc34)cc21. The van der Waals surface area contributed by atoms with Crippen molar-refractivity contribution in [2.24, 2.45) is 0 Å². The molecule has 3 aliphatic carbocycles. The molecule has 0 amide bonds. The topological polar surface area (TPSA) is 29.5 Å². The highest BCUT2D eigenvalue weighted by atomic mass is 16.3. The Bertz CT molecular complexity index is 4110. The summed E-state index contributed by atoms with van der Waals surface area (Å²) in [5.74, 6) is 0. The number of fused-ring (bicyclic) bond motifs is 22. The van der Waals surface area contributed by atoms with Crippen LogP contribution in [0.3, 0.4) is 0 Å². The number of rotatable bonds is 3. The van der Waals surface area contributed by atoms with E-state index in [1.165, 1.54) is 72.3 Å². The maximum Gasteiger partial charge on any atom is 0.159 e. The van der Waals surface area contributed by atoms with Crippen LogP contribution in [0.4, 0.5) is 17.1 Å². The van der Waals surface area contributed by atoms with Crippen molar-refractivity contribution < 1.29 is 8.83 Å². The van der Waals surface area contributed by atoms with Gasteiger partial charge in [-0.2, -0.15) is 0 Å². The Labute approximate surface area is 387 Å². The Kier molecular flexibility index (Phi) is 7.22. The van der Waals surface area contributed by atoms with Crippen LogP contribution in [0.1, 0.15) is 47.2 Å². The summed E-state index contributed by atoms with van der Waals surface area (Å²) in [6.45, 7) is 4.72. The van der Waals surface area contributed by atoms with Crippen LogP contribution in [0.5, 0.6) is 0 Å². The fraction of sp³-hybridized carbons (Fsp3) is 0.0625. The maximum atomic E-state index is 6.96. The molecule has 0 saturated carbocycles. The van der Waals surface area contributed by atoms with Crippen molar-refractivity contribution in [3.05, 3.63) is 246 Å². The van der Waals surface area contributed by atoms with E-state index in [1.807, 2.05) is 0 Å². The van der Waals surface area contributed by atoms with Gasteiger partial charge in [0.2, 0.25) is 0 Å². The van der Waals surface area contributed by atoms with Crippen molar-refractivity contribution in [2.75, 3.05) is 4.90 Å². The minimum Gasteiger partial charge on any atom is -0.455 e. The first kappa shape index (κ1) is 36.9. The first-order valence-electron chi connectivity index (χ1n) is 23.3. The van der Waals surface area contributed by atoms with Gasteiger partial charge in [-0.1, -0.05) is 184 Å². The van der Waals surface area contributed by atoms with Crippen molar-refractivity contribution >= 4 is 60.9 Å². The van der Waals surface area contributed by atoms with Gasteiger partial charge < -0.3 is 13.7 Å². The number of furan rings is 2. The summed E-state index contributed by atoms with van der Waals surface area (Å²) >= 11 is 0. The fourth-order valence-corrected chi connectivity index (χ4v) is 12.6. The fourth-order valence-electron chi connectivity index (χ4n) is 12.6. The molecule has 67 heavy (non-hydrogen) atoms. The number of hydrogen-bond donors (Lipinski definition) is 0. The minimum atomic E-state index is -0.724. The third-order valence-corrected chi connectivity index (χ3v) is 15.5. The van der Waals surface area contributed by atoms with Gasteiger partial charge in [0.05, 0.1) is 11.1 Å². The average Bonchev–Trinajstić information content (AvgIpc) is 4.08. The second-order valence-corrected chi connectivity index (χ2v) is 19.1. The number of hydrogen-bond acceptors (Lipinski definition) is 3. The highest BCUT2D eigenvalue weighted by Gasteiger charge is 2.51. The van der Waals surface area contributed by atoms with Gasteiger partial charge in [0.15, 0.2) is 5.58 Å². The lowest BCUT2D eigenvalue weighted by molar-refractivity contribution is 0.660. The van der Waals surface area contributed by atoms with E-state index in [0.717, 1.165) is 66.5 Å². The van der Waals surface area contributed by atoms with E-state index < -0.39 is 5.41 Å². The van der Waals surface area contributed by atoms with Gasteiger partial charge in [0, 0.05) is 43.9 Å². The first-order chi connectivity index (χ1) is 33.0. The summed E-state index contributed by atoms with van der Waals surface area (Å²) in [6, 6.07) is 78.5. The second kappa shape index (κ2) is 13.1. The number of anilines is 3. The van der Waals surface area contributed by atoms with Crippen molar-refractivity contribution in [1.29, 1.82) is 0 Å². The van der Waals surface area contributed by atoms with Crippen LogP contribution in [0, 0.1) is 0 Å². The zero-order chi connectivity index (χ0) is 44.2. The van der Waals surface area contributed by atoms with Crippen LogP contribution < -0.4 is 4.90 Å². The molecule has 15 rings (SSSR count). The summed E-state index contributed by atoms with van der Waals surface area (Å²) in [4.78, 5) is 2.45. The molecule has 0 radical (unpaired) electrons. The van der Waals surface area contributed by atoms with E-state index in [0.29, 0.717) is 0 Å². The Hall–Kier alpha value is -8.40. The molecule has 0 saturated heterocycles. The predicted octanol–water partition coefficient (Wildman–Crippen LogP) is 17.3. The molecule has 314 valence electrons. The van der Waals surface area contributed by atoms with E-state index in [2.05, 4.69) is 231 Å². The summed E-state index contributed by atoms with van der Waals surface area (Å²) in [6.07, 6.45) is 0. The van der Waals surface area contributed by atoms with E-state index >= 15 is 0 Å². The molecule has 3 nitrogen and oxygen atoms in total. The molecule has 3 heteroatoms. The molecular formula is C64H41NO2. The largest absolute Gasteiger partial charge is 0.455 e. The molecule has 0 fully saturated rings. The van der Waals surface area contributed by atoms with Crippen LogP contribution in [-0.2, 0) is 10.8 Å². The van der Waals surface area contributed by atoms with E-state index in [4.69, 9.17) is 8.83 Å². The van der Waals surface area contributed by atoms with Gasteiger partial charge >= 0.3 is 0 Å². The summed E-state index contributed by atoms with van der Waals surface area (Å²) in [5, 5.41) is 4.46. The monoisotopic (exact) mass is 855 g/mol. The zero-order valence-electron chi connectivity index (χ0n) is 37.0. The van der Waals surface area contributed by atoms with Crippen LogP contribution in [0.15, 0.2) is 221 Å². The Morgan fingerprint density at radius 1 is 0.328 bits per heavy atom. The van der Waals surface area contributed by atoms with Gasteiger partial charge in [-0.25, -0.2) is 0 Å². The second-order valence-electron chi connectivity index (χ2n) is 19.1. The number of benzene rings is 10. The van der Waals surface area contributed by atoms with Gasteiger partial charge in [-0.05, 0) is 115 Å². The smallest absolute Gasteiger partial charge is 0.159 e. The van der Waals surface area contributed by atoms with Crippen molar-refractivity contribution in [1.82, 2.24) is 0 Å². The predicted molar refractivity (Wildman–Crippen MR) is 275 cm³/mol. The molecular weight excluding hydrogens is 815 g/mol. The summed E-state index contributed by atoms with van der Waals surface area (Å²) in [7, 11) is 0. The Morgan fingerprint density at radius 3 is 1.49 bits per heavy atom. The number of para-hydroxylation sites is 3. The lowest BCUT2D eigenvalue weighted by atomic mass is 9.65. The maximum absolute atomic E-state index is 6.96. The van der Waals surface area contributed by atoms with Crippen LogP contribution >= 0.6 is 0 Å². The van der Waals surface area contributed by atoms with Crippen molar-refractivity contribution in [2.45, 2.75) is 24.7 Å². The van der Waals surface area contributed by atoms with E-state index in [1.54, 1.807) is 0 Å². The molecule has 0 N–H and O–H groups in total. The highest BCUT2D eigenvalue weighted by Crippen LogP contribution is 2.64. The molecule has 10 aromatic carbocycles. The van der Waals surface area contributed by atoms with Gasteiger partial charge in [-0.3, -0.25) is 0 Å². The molecule has 2 heterocycles. The van der Waals surface area contributed by atoms with Gasteiger partial charge in [0.25, 0.3) is 0 Å². The minimum absolute atomic E-state index is 0.191. The standard InChI is InChI=1S/C64H41NO2/c1-63(2)51-24-10-5-19-43(51)45-33-31-38(36-55(45)63)65(57-27-15-23-48-46-20-8-13-28-58(46)66-61(48)57)39-30-32-44-41-17-4-3-16-40(41)42-18-6-11-25-52(42)64(56(44)37-39)53-26-12-7-22-50(53)60-54(64)35-34-49-47-21-9-14-29-59(47)67-62(49)60/h3-37H,1-2H3. The molecule has 0 bridgehead atoms. The Balaban J connectivity index is 1.07. The third-order valence-electron chi connectivity index (χ3n) is 15.5. The van der Waals surface area contributed by atoms with Crippen molar-refractivity contribution in [3.63, 3.8) is 0 Å². The molecule has 2 aromatic heterocycles. The van der Waals surface area contributed by atoms with Gasteiger partial charge in [0.1, 0.15) is 16.7 Å². The molecule has 1 atom stereocenters. The van der Waals surface area contributed by atoms with Crippen molar-refractivity contribution in [3.8, 4) is 44.5 Å². The molecule has 0 aliphatic heterocycles. The van der Waals surface area contributed by atoms with E-state index in [9.17, 15) is 0 Å². The normalized spacial score (nSPS) is 15.8. The van der Waals surface area contributed by atoms with Gasteiger partial charge in [-0.15, -0.1) is 0 Å². The quantitative estimate of drug-likeness (QED) is 0.177. The molecule has 3 aliphatic rings. The third kappa shape index (κ3) is 4.70. The molecule has 1 spiro atoms. The highest BCUT2D eigenvalue weighted by molar-refractivity contribution is 6.14. The lowest BCUT2D eigenvalue weighted by Gasteiger charge is -2.36. The van der Waals surface area contributed by atoms with Crippen LogP contribution in [0.25, 0.3) is 88.4 Å². The van der Waals surface area contributed by atoms with Crippen LogP contribution in [-0.4, -0.2) is 0 Å². The van der Waals surface area contributed by atoms with E-state index in [-0.39, 0.29) is 5.41 Å². The summed E-state index contributed by atoms with van der Waals surface area (Å²) in [5.41, 5.74) is 23.2. The summed E-state index contributed by atoms with van der Waals surface area (Å²) < 4.78 is 13.9. The Morgan fingerprint density at radius 2 is 0.806 bits per heavy atom. The average molecular weight is 856 g/mol. The van der Waals surface area contributed by atoms with Crippen LogP contribution in [0.2, 0.25) is 0 Å². The molecule has 12 aromatic rings. The lowest BCUT2D eigenvalue weighted by Crippen LogP contribution is -2.29.